The lowest BCUT2D eigenvalue weighted by Gasteiger charge is -2.25. The summed E-state index contributed by atoms with van der Waals surface area (Å²) in [6, 6.07) is 14.0. The molecule has 1 aromatic heterocycles. The Balaban J connectivity index is 2.06. The molecule has 0 aliphatic carbocycles. The highest BCUT2D eigenvalue weighted by Gasteiger charge is 2.40. The third-order valence-electron chi connectivity index (χ3n) is 6.90. The Kier molecular flexibility index (Phi) is 8.21. The predicted molar refractivity (Wildman–Crippen MR) is 155 cm³/mol. The fourth-order valence-electron chi connectivity index (χ4n) is 4.80. The Bertz CT molecular complexity index is 1340. The summed E-state index contributed by atoms with van der Waals surface area (Å²) >= 11 is 1.56. The number of aryl methyl sites for hydroxylation is 1. The topological polar surface area (TPSA) is 76.5 Å². The van der Waals surface area contributed by atoms with Gasteiger partial charge in [-0.1, -0.05) is 58.0 Å². The predicted octanol–water partition coefficient (Wildman–Crippen LogP) is 5.49. The lowest BCUT2D eigenvalue weighted by Crippen LogP contribution is -2.42. The van der Waals surface area contributed by atoms with E-state index in [2.05, 4.69) is 52.1 Å². The Hall–Kier alpha value is -3.26. The van der Waals surface area contributed by atoms with Gasteiger partial charge >= 0.3 is 0 Å². The van der Waals surface area contributed by atoms with Crippen molar-refractivity contribution < 1.29 is 14.3 Å². The number of anilines is 1. The second-order valence-electron chi connectivity index (χ2n) is 10.7. The smallest absolute Gasteiger partial charge is 0.240 e. The van der Waals surface area contributed by atoms with E-state index < -0.39 is 0 Å². The number of hydrogen-bond donors (Lipinski definition) is 1. The summed E-state index contributed by atoms with van der Waals surface area (Å²) in [4.78, 5) is 28.4. The molecule has 0 spiro atoms. The van der Waals surface area contributed by atoms with Crippen LogP contribution in [0.4, 0.5) is 5.82 Å². The lowest BCUT2D eigenvalue weighted by atomic mass is 9.87. The minimum absolute atomic E-state index is 0.0643. The first-order chi connectivity index (χ1) is 18.1. The number of aromatic nitrogens is 2. The Morgan fingerprint density at radius 2 is 1.89 bits per heavy atom. The van der Waals surface area contributed by atoms with Gasteiger partial charge in [-0.2, -0.15) is 5.10 Å². The molecule has 2 heterocycles. The number of amides is 2. The van der Waals surface area contributed by atoms with Crippen LogP contribution in [-0.4, -0.2) is 47.5 Å². The van der Waals surface area contributed by atoms with Gasteiger partial charge in [-0.25, -0.2) is 4.68 Å². The van der Waals surface area contributed by atoms with E-state index in [1.54, 1.807) is 23.8 Å². The fraction of sp³-hybridized carbons (Fsp3) is 0.433. The van der Waals surface area contributed by atoms with Crippen LogP contribution in [0.25, 0.3) is 5.69 Å². The van der Waals surface area contributed by atoms with Crippen molar-refractivity contribution in [3.8, 4) is 11.4 Å². The molecule has 0 fully saturated rings. The molecule has 1 N–H and O–H groups in total. The van der Waals surface area contributed by atoms with Crippen LogP contribution < -0.4 is 15.0 Å². The second kappa shape index (κ2) is 11.2. The number of hydrogen-bond acceptors (Lipinski definition) is 5. The molecule has 4 rings (SSSR count). The quantitative estimate of drug-likeness (QED) is 0.434. The van der Waals surface area contributed by atoms with E-state index in [9.17, 15) is 9.59 Å². The summed E-state index contributed by atoms with van der Waals surface area (Å²) in [5, 5.41) is 7.93. The van der Waals surface area contributed by atoms with Crippen molar-refractivity contribution in [2.24, 2.45) is 0 Å². The molecule has 3 aromatic rings. The van der Waals surface area contributed by atoms with Gasteiger partial charge in [-0.05, 0) is 43.5 Å². The van der Waals surface area contributed by atoms with Gasteiger partial charge in [-0.15, -0.1) is 11.8 Å². The molecule has 0 bridgehead atoms. The van der Waals surface area contributed by atoms with Crippen LogP contribution in [0.15, 0.2) is 42.5 Å². The first-order valence-corrected chi connectivity index (χ1v) is 14.1. The van der Waals surface area contributed by atoms with Crippen molar-refractivity contribution >= 4 is 29.4 Å². The molecule has 202 valence electrons. The van der Waals surface area contributed by atoms with Gasteiger partial charge < -0.3 is 10.1 Å². The van der Waals surface area contributed by atoms with Crippen molar-refractivity contribution in [1.82, 2.24) is 15.1 Å². The maximum atomic E-state index is 13.8. The van der Waals surface area contributed by atoms with E-state index in [4.69, 9.17) is 9.84 Å². The summed E-state index contributed by atoms with van der Waals surface area (Å²) in [6.07, 6.45) is 0.825. The molecular formula is C30H38N4O3S. The molecule has 1 aliphatic heterocycles. The molecule has 0 unspecified atom stereocenters. The van der Waals surface area contributed by atoms with Gasteiger partial charge in [0.05, 0.1) is 29.5 Å². The first kappa shape index (κ1) is 27.8. The summed E-state index contributed by atoms with van der Waals surface area (Å²) in [5.41, 5.74) is 5.61. The molecule has 7 nitrogen and oxygen atoms in total. The van der Waals surface area contributed by atoms with Crippen molar-refractivity contribution in [2.45, 2.75) is 58.6 Å². The average Bonchev–Trinajstić information content (AvgIpc) is 3.22. The van der Waals surface area contributed by atoms with Crippen LogP contribution >= 0.6 is 11.8 Å². The number of fused-ring (bicyclic) bond motifs is 1. The zero-order valence-electron chi connectivity index (χ0n) is 23.4. The van der Waals surface area contributed by atoms with Gasteiger partial charge in [0.1, 0.15) is 18.1 Å². The summed E-state index contributed by atoms with van der Waals surface area (Å²) in [5.74, 6) is 1.35. The molecule has 1 aliphatic rings. The highest BCUT2D eigenvalue weighted by molar-refractivity contribution is 8.00. The number of nitrogens with zero attached hydrogens (tertiary/aromatic N) is 3. The number of thioether (sulfide) groups is 1. The number of ether oxygens (including phenoxy) is 1. The fourth-order valence-corrected chi connectivity index (χ4v) is 6.02. The second-order valence-corrected chi connectivity index (χ2v) is 11.8. The number of carbonyl (C=O) groups excluding carboxylic acids is 2. The van der Waals surface area contributed by atoms with E-state index in [0.29, 0.717) is 12.4 Å². The molecular weight excluding hydrogens is 496 g/mol. The van der Waals surface area contributed by atoms with Gasteiger partial charge in [0.2, 0.25) is 11.8 Å². The summed E-state index contributed by atoms with van der Waals surface area (Å²) in [7, 11) is 1.67. The average molecular weight is 535 g/mol. The van der Waals surface area contributed by atoms with Gasteiger partial charge in [-0.3, -0.25) is 14.5 Å². The van der Waals surface area contributed by atoms with Crippen LogP contribution in [0, 0.1) is 13.8 Å². The molecule has 1 atom stereocenters. The minimum Gasteiger partial charge on any atom is -0.496 e. The van der Waals surface area contributed by atoms with E-state index in [0.717, 1.165) is 45.8 Å². The molecule has 2 aromatic carbocycles. The van der Waals surface area contributed by atoms with Gasteiger partial charge in [0.25, 0.3) is 0 Å². The van der Waals surface area contributed by atoms with Crippen molar-refractivity contribution in [1.29, 1.82) is 0 Å². The number of carbonyl (C=O) groups is 2. The van der Waals surface area contributed by atoms with Crippen molar-refractivity contribution in [3.05, 3.63) is 70.4 Å². The summed E-state index contributed by atoms with van der Waals surface area (Å²) < 4.78 is 7.65. The number of nitrogens with one attached hydrogen (secondary N) is 1. The van der Waals surface area contributed by atoms with Crippen molar-refractivity contribution in [2.75, 3.05) is 30.9 Å². The highest BCUT2D eigenvalue weighted by Crippen LogP contribution is 2.50. The largest absolute Gasteiger partial charge is 0.496 e. The third-order valence-corrected chi connectivity index (χ3v) is 8.14. The highest BCUT2D eigenvalue weighted by atomic mass is 32.2. The molecule has 2 amide bonds. The molecule has 0 saturated carbocycles. The SMILES string of the molecule is CCCNC(=O)CN1C(=O)CS[C@@H](c2ccccc2OC)c2c(C(C)(C)C)nn(-c3cccc(C)c3C)c21. The number of methoxy groups -OCH3 is 1. The van der Waals surface area contributed by atoms with Crippen LogP contribution in [0.2, 0.25) is 0 Å². The van der Waals surface area contributed by atoms with Crippen LogP contribution in [0.3, 0.4) is 0 Å². The van der Waals surface area contributed by atoms with Crippen LogP contribution in [0.5, 0.6) is 5.75 Å². The maximum Gasteiger partial charge on any atom is 0.240 e. The van der Waals surface area contributed by atoms with E-state index in [1.807, 2.05) is 41.9 Å². The summed E-state index contributed by atoms with van der Waals surface area (Å²) in [6.45, 7) is 13.1. The number of rotatable bonds is 7. The number of benzene rings is 2. The molecule has 38 heavy (non-hydrogen) atoms. The Morgan fingerprint density at radius 1 is 1.16 bits per heavy atom. The number of para-hydroxylation sites is 1. The van der Waals surface area contributed by atoms with E-state index in [1.165, 1.54) is 0 Å². The lowest BCUT2D eigenvalue weighted by molar-refractivity contribution is -0.122. The Labute approximate surface area is 229 Å². The maximum absolute atomic E-state index is 13.8. The Morgan fingerprint density at radius 3 is 2.58 bits per heavy atom. The molecule has 0 radical (unpaired) electrons. The normalized spacial score (nSPS) is 15.7. The molecule has 0 saturated heterocycles. The first-order valence-electron chi connectivity index (χ1n) is 13.1. The van der Waals surface area contributed by atoms with Crippen LogP contribution in [-0.2, 0) is 15.0 Å². The van der Waals surface area contributed by atoms with E-state index in [-0.39, 0.29) is 34.8 Å². The van der Waals surface area contributed by atoms with Crippen molar-refractivity contribution in [3.63, 3.8) is 0 Å². The van der Waals surface area contributed by atoms with Crippen LogP contribution in [0.1, 0.15) is 67.3 Å². The standard InChI is InChI=1S/C30H38N4O3S/c1-8-16-31-24(35)17-33-25(36)18-38-27(21-13-9-10-15-23(21)37-7)26-28(30(4,5)6)32-34(29(26)33)22-14-11-12-19(2)20(22)3/h9-15,27H,8,16-18H2,1-7H3,(H,31,35)/t27-/m0/s1. The van der Waals surface area contributed by atoms with E-state index >= 15 is 0 Å². The third kappa shape index (κ3) is 5.32. The van der Waals surface area contributed by atoms with Gasteiger partial charge in [0, 0.05) is 23.1 Å². The molecule has 8 heteroatoms. The minimum atomic E-state index is -0.322. The zero-order chi connectivity index (χ0) is 27.6. The monoisotopic (exact) mass is 534 g/mol. The van der Waals surface area contributed by atoms with Gasteiger partial charge in [0.15, 0.2) is 0 Å². The zero-order valence-corrected chi connectivity index (χ0v) is 24.2.